The van der Waals surface area contributed by atoms with Crippen molar-refractivity contribution in [1.82, 2.24) is 5.32 Å². The quantitative estimate of drug-likeness (QED) is 0.415. The number of phenolic OH excluding ortho intramolecular Hbond substituents is 1. The van der Waals surface area contributed by atoms with Crippen LogP contribution in [0.1, 0.15) is 59.4 Å². The number of aliphatic carboxylic acids is 2. The van der Waals surface area contributed by atoms with Crippen LogP contribution in [-0.4, -0.2) is 58.7 Å². The van der Waals surface area contributed by atoms with Crippen molar-refractivity contribution in [3.05, 3.63) is 23.8 Å². The van der Waals surface area contributed by atoms with Gasteiger partial charge in [-0.3, -0.25) is 9.59 Å². The van der Waals surface area contributed by atoms with Crippen molar-refractivity contribution in [3.63, 3.8) is 0 Å². The van der Waals surface area contributed by atoms with Crippen molar-refractivity contribution in [1.29, 1.82) is 0 Å². The van der Waals surface area contributed by atoms with Crippen molar-refractivity contribution >= 4 is 11.9 Å². The van der Waals surface area contributed by atoms with Gasteiger partial charge in [-0.2, -0.15) is 0 Å². The van der Waals surface area contributed by atoms with Gasteiger partial charge >= 0.3 is 11.9 Å². The summed E-state index contributed by atoms with van der Waals surface area (Å²) in [5.74, 6) is -0.947. The van der Waals surface area contributed by atoms with Crippen LogP contribution in [0.3, 0.4) is 0 Å². The number of aliphatic hydroxyl groups is 1. The molecule has 0 saturated heterocycles. The number of aliphatic hydroxyl groups excluding tert-OH is 1. The zero-order valence-electron chi connectivity index (χ0n) is 18.4. The second-order valence-corrected chi connectivity index (χ2v) is 7.04. The van der Waals surface area contributed by atoms with E-state index in [2.05, 4.69) is 19.2 Å². The van der Waals surface area contributed by atoms with Gasteiger partial charge in [-0.1, -0.05) is 26.8 Å². The number of carbonyl (C=O) groups is 2. The van der Waals surface area contributed by atoms with Gasteiger partial charge in [-0.25, -0.2) is 0 Å². The lowest BCUT2D eigenvalue weighted by molar-refractivity contribution is -0.138. The Bertz CT molecular complexity index is 603. The number of aromatic hydroxyl groups is 1. The highest BCUT2D eigenvalue weighted by Gasteiger charge is 2.22. The fourth-order valence-corrected chi connectivity index (χ4v) is 2.22. The molecule has 0 heterocycles. The van der Waals surface area contributed by atoms with Crippen molar-refractivity contribution in [2.75, 3.05) is 20.3 Å². The first kappa shape index (κ1) is 28.9. The van der Waals surface area contributed by atoms with E-state index in [4.69, 9.17) is 20.1 Å². The van der Waals surface area contributed by atoms with Crippen molar-refractivity contribution in [2.24, 2.45) is 0 Å². The van der Waals surface area contributed by atoms with Crippen LogP contribution in [0.15, 0.2) is 18.2 Å². The summed E-state index contributed by atoms with van der Waals surface area (Å²) in [6.45, 7) is 10.3. The summed E-state index contributed by atoms with van der Waals surface area (Å²) in [6, 6.07) is 5.37. The zero-order chi connectivity index (χ0) is 23.0. The molecule has 8 heteroatoms. The summed E-state index contributed by atoms with van der Waals surface area (Å²) in [6.07, 6.45) is 1.17. The summed E-state index contributed by atoms with van der Waals surface area (Å²) in [5, 5.41) is 37.1. The molecule has 0 bridgehead atoms. The molecular weight excluding hydrogens is 378 g/mol. The fourth-order valence-electron chi connectivity index (χ4n) is 2.22. The molecule has 1 rings (SSSR count). The number of methoxy groups -OCH3 is 1. The van der Waals surface area contributed by atoms with Crippen LogP contribution in [0.25, 0.3) is 0 Å². The topological polar surface area (TPSA) is 136 Å². The minimum Gasteiger partial charge on any atom is -0.504 e. The number of carboxylic acid groups (broad SMARTS) is 2. The van der Waals surface area contributed by atoms with E-state index in [9.17, 15) is 14.7 Å². The number of phenols is 1. The third-order valence-corrected chi connectivity index (χ3v) is 3.99. The number of benzene rings is 1. The SMILES string of the molecule is CCC(=O)O.CCO.COc1ccc(C(C)(C)CCNC(C)CC(=O)O)cc1O. The largest absolute Gasteiger partial charge is 0.504 e. The Morgan fingerprint density at radius 3 is 2.07 bits per heavy atom. The molecule has 1 aromatic rings. The van der Waals surface area contributed by atoms with Gasteiger partial charge in [-0.15, -0.1) is 0 Å². The van der Waals surface area contributed by atoms with E-state index in [0.29, 0.717) is 12.3 Å². The van der Waals surface area contributed by atoms with Gasteiger partial charge < -0.3 is 30.5 Å². The van der Waals surface area contributed by atoms with E-state index in [-0.39, 0.29) is 36.7 Å². The number of hydrogen-bond acceptors (Lipinski definition) is 6. The Morgan fingerprint density at radius 2 is 1.69 bits per heavy atom. The summed E-state index contributed by atoms with van der Waals surface area (Å²) < 4.78 is 5.04. The van der Waals surface area contributed by atoms with Crippen LogP contribution < -0.4 is 10.1 Å². The molecular formula is C21H37NO7. The van der Waals surface area contributed by atoms with Crippen molar-refractivity contribution in [3.8, 4) is 11.5 Å². The molecule has 5 N–H and O–H groups in total. The van der Waals surface area contributed by atoms with E-state index in [1.807, 2.05) is 13.0 Å². The Labute approximate surface area is 173 Å². The van der Waals surface area contributed by atoms with Gasteiger partial charge in [0.15, 0.2) is 11.5 Å². The van der Waals surface area contributed by atoms with Gasteiger partial charge in [0.25, 0.3) is 0 Å². The van der Waals surface area contributed by atoms with Gasteiger partial charge in [-0.05, 0) is 49.9 Å². The van der Waals surface area contributed by atoms with Gasteiger partial charge in [0.05, 0.1) is 13.5 Å². The fraction of sp³-hybridized carbons (Fsp3) is 0.619. The molecule has 0 aromatic heterocycles. The molecule has 1 atom stereocenters. The summed E-state index contributed by atoms with van der Waals surface area (Å²) in [4.78, 5) is 20.0. The summed E-state index contributed by atoms with van der Waals surface area (Å²) in [5.41, 5.74) is 0.896. The molecule has 0 aliphatic carbocycles. The Hall–Kier alpha value is -2.32. The van der Waals surface area contributed by atoms with Crippen LogP contribution in [0.5, 0.6) is 11.5 Å². The number of carboxylic acids is 2. The van der Waals surface area contributed by atoms with E-state index in [1.54, 1.807) is 26.0 Å². The molecule has 168 valence electrons. The number of nitrogens with one attached hydrogen (secondary N) is 1. The van der Waals surface area contributed by atoms with Crippen LogP contribution in [0, 0.1) is 0 Å². The first-order chi connectivity index (χ1) is 13.4. The maximum Gasteiger partial charge on any atom is 0.304 e. The molecule has 0 spiro atoms. The molecule has 0 radical (unpaired) electrons. The maximum absolute atomic E-state index is 10.6. The summed E-state index contributed by atoms with van der Waals surface area (Å²) >= 11 is 0. The van der Waals surface area contributed by atoms with Crippen LogP contribution in [-0.2, 0) is 15.0 Å². The Kier molecular flexibility index (Phi) is 15.5. The Morgan fingerprint density at radius 1 is 1.17 bits per heavy atom. The molecule has 0 aliphatic heterocycles. The Balaban J connectivity index is 0. The average molecular weight is 416 g/mol. The zero-order valence-corrected chi connectivity index (χ0v) is 18.4. The third-order valence-electron chi connectivity index (χ3n) is 3.99. The predicted octanol–water partition coefficient (Wildman–Crippen LogP) is 3.00. The molecule has 0 fully saturated rings. The minimum absolute atomic E-state index is 0.0532. The number of ether oxygens (including phenoxy) is 1. The molecule has 1 aromatic carbocycles. The number of rotatable bonds is 9. The molecule has 0 aliphatic rings. The van der Waals surface area contributed by atoms with E-state index in [1.165, 1.54) is 7.11 Å². The minimum atomic E-state index is -0.797. The molecule has 8 nitrogen and oxygen atoms in total. The first-order valence-electron chi connectivity index (χ1n) is 9.60. The highest BCUT2D eigenvalue weighted by Crippen LogP contribution is 2.33. The highest BCUT2D eigenvalue weighted by atomic mass is 16.5. The highest BCUT2D eigenvalue weighted by molar-refractivity contribution is 5.67. The summed E-state index contributed by atoms with van der Waals surface area (Å²) in [7, 11) is 1.52. The third kappa shape index (κ3) is 14.3. The monoisotopic (exact) mass is 415 g/mol. The molecule has 1 unspecified atom stereocenters. The smallest absolute Gasteiger partial charge is 0.304 e. The molecule has 29 heavy (non-hydrogen) atoms. The maximum atomic E-state index is 10.6. The average Bonchev–Trinajstić information content (AvgIpc) is 2.62. The van der Waals surface area contributed by atoms with Crippen LogP contribution in [0.4, 0.5) is 0 Å². The van der Waals surface area contributed by atoms with E-state index in [0.717, 1.165) is 12.0 Å². The second-order valence-electron chi connectivity index (χ2n) is 7.04. The second kappa shape index (κ2) is 15.6. The predicted molar refractivity (Wildman–Crippen MR) is 113 cm³/mol. The lowest BCUT2D eigenvalue weighted by atomic mass is 9.81. The van der Waals surface area contributed by atoms with Crippen LogP contribution in [0.2, 0.25) is 0 Å². The number of hydrogen-bond donors (Lipinski definition) is 5. The lowest BCUT2D eigenvalue weighted by Gasteiger charge is -2.26. The van der Waals surface area contributed by atoms with Gasteiger partial charge in [0.1, 0.15) is 0 Å². The van der Waals surface area contributed by atoms with Crippen molar-refractivity contribution in [2.45, 2.75) is 65.3 Å². The van der Waals surface area contributed by atoms with E-state index >= 15 is 0 Å². The normalized spacial score (nSPS) is 11.3. The molecule has 0 amide bonds. The van der Waals surface area contributed by atoms with Crippen molar-refractivity contribution < 1.29 is 34.8 Å². The van der Waals surface area contributed by atoms with E-state index < -0.39 is 11.9 Å². The standard InChI is InChI=1S/C16H25NO4.C3H6O2.C2H6O/c1-11(9-15(19)20)17-8-7-16(2,3)12-5-6-14(21-4)13(18)10-12;1-2-3(4)5;1-2-3/h5-6,10-11,17-18H,7-9H2,1-4H3,(H,19,20);2H2,1H3,(H,4,5);3H,2H2,1H3. The lowest BCUT2D eigenvalue weighted by Crippen LogP contribution is -2.32. The molecule has 0 saturated carbocycles. The van der Waals surface area contributed by atoms with Gasteiger partial charge in [0.2, 0.25) is 0 Å². The van der Waals surface area contributed by atoms with Crippen LogP contribution >= 0.6 is 0 Å². The first-order valence-corrected chi connectivity index (χ1v) is 9.60. The van der Waals surface area contributed by atoms with Gasteiger partial charge in [0, 0.05) is 19.1 Å².